The van der Waals surface area contributed by atoms with Crippen LogP contribution in [0.4, 0.5) is 0 Å². The zero-order chi connectivity index (χ0) is 16.9. The van der Waals surface area contributed by atoms with Gasteiger partial charge in [0.1, 0.15) is 0 Å². The first-order valence-electron chi connectivity index (χ1n) is 7.76. The number of likely N-dealkylation sites (tertiary alicyclic amines) is 1. The number of rotatable bonds is 5. The molecule has 2 aromatic rings. The van der Waals surface area contributed by atoms with Crippen molar-refractivity contribution >= 4 is 12.0 Å². The van der Waals surface area contributed by atoms with Gasteiger partial charge in [-0.25, -0.2) is 0 Å². The Morgan fingerprint density at radius 1 is 1.21 bits per heavy atom. The second-order valence-electron chi connectivity index (χ2n) is 5.52. The highest BCUT2D eigenvalue weighted by Gasteiger charge is 2.27. The number of benzene rings is 1. The molecule has 0 radical (unpaired) electrons. The van der Waals surface area contributed by atoms with Crippen molar-refractivity contribution < 1.29 is 14.3 Å². The summed E-state index contributed by atoms with van der Waals surface area (Å²) in [5.74, 6) is 1.28. The number of amides is 1. The van der Waals surface area contributed by atoms with Crippen molar-refractivity contribution in [1.82, 2.24) is 19.9 Å². The minimum Gasteiger partial charge on any atom is -0.493 e. The topological polar surface area (TPSA) is 69.5 Å². The summed E-state index contributed by atoms with van der Waals surface area (Å²) in [6, 6.07) is 5.69. The standard InChI is InChI=1S/C17H20N4O3/c1-23-15-5-3-13(11-16(15)24-2)4-6-17(22)20-10-7-14(12-20)21-18-8-9-19-21/h3-6,8-9,11,14H,7,10,12H2,1-2H3/b6-4+. The first kappa shape index (κ1) is 16.0. The largest absolute Gasteiger partial charge is 0.493 e. The number of hydrogen-bond acceptors (Lipinski definition) is 5. The Morgan fingerprint density at radius 3 is 2.67 bits per heavy atom. The van der Waals surface area contributed by atoms with Crippen LogP contribution in [0.1, 0.15) is 18.0 Å². The van der Waals surface area contributed by atoms with Crippen LogP contribution in [0.2, 0.25) is 0 Å². The van der Waals surface area contributed by atoms with Crippen molar-refractivity contribution in [2.24, 2.45) is 0 Å². The molecule has 0 aliphatic carbocycles. The highest BCUT2D eigenvalue weighted by atomic mass is 16.5. The average molecular weight is 328 g/mol. The van der Waals surface area contributed by atoms with E-state index in [4.69, 9.17) is 9.47 Å². The summed E-state index contributed by atoms with van der Waals surface area (Å²) in [6.45, 7) is 1.34. The van der Waals surface area contributed by atoms with Crippen LogP contribution in [-0.4, -0.2) is 53.1 Å². The molecule has 1 aromatic heterocycles. The van der Waals surface area contributed by atoms with Gasteiger partial charge in [-0.1, -0.05) is 6.07 Å². The van der Waals surface area contributed by atoms with Crippen LogP contribution >= 0.6 is 0 Å². The van der Waals surface area contributed by atoms with Crippen LogP contribution in [0, 0.1) is 0 Å². The fourth-order valence-electron chi connectivity index (χ4n) is 2.77. The fourth-order valence-corrected chi connectivity index (χ4v) is 2.77. The molecule has 1 saturated heterocycles. The molecule has 1 aliphatic heterocycles. The second-order valence-corrected chi connectivity index (χ2v) is 5.52. The van der Waals surface area contributed by atoms with Gasteiger partial charge in [-0.2, -0.15) is 15.0 Å². The van der Waals surface area contributed by atoms with E-state index in [0.29, 0.717) is 24.6 Å². The first-order valence-corrected chi connectivity index (χ1v) is 7.76. The van der Waals surface area contributed by atoms with Crippen molar-refractivity contribution in [3.8, 4) is 11.5 Å². The van der Waals surface area contributed by atoms with Gasteiger partial charge in [0, 0.05) is 19.2 Å². The van der Waals surface area contributed by atoms with E-state index in [-0.39, 0.29) is 11.9 Å². The molecule has 1 aliphatic rings. The van der Waals surface area contributed by atoms with Crippen molar-refractivity contribution in [2.45, 2.75) is 12.5 Å². The van der Waals surface area contributed by atoms with Gasteiger partial charge in [0.05, 0.1) is 32.7 Å². The van der Waals surface area contributed by atoms with Gasteiger partial charge in [-0.15, -0.1) is 0 Å². The van der Waals surface area contributed by atoms with Gasteiger partial charge in [-0.3, -0.25) is 4.79 Å². The Balaban J connectivity index is 1.63. The van der Waals surface area contributed by atoms with Crippen LogP contribution in [-0.2, 0) is 4.79 Å². The zero-order valence-corrected chi connectivity index (χ0v) is 13.8. The molecule has 2 heterocycles. The molecular formula is C17H20N4O3. The summed E-state index contributed by atoms with van der Waals surface area (Å²) in [4.78, 5) is 15.8. The molecule has 1 aromatic carbocycles. The van der Waals surface area contributed by atoms with Crippen molar-refractivity contribution in [2.75, 3.05) is 27.3 Å². The minimum absolute atomic E-state index is 0.0144. The molecule has 0 saturated carbocycles. The molecule has 1 atom stereocenters. The van der Waals surface area contributed by atoms with E-state index >= 15 is 0 Å². The lowest BCUT2D eigenvalue weighted by molar-refractivity contribution is -0.125. The van der Waals surface area contributed by atoms with Crippen LogP contribution in [0.25, 0.3) is 6.08 Å². The number of hydrogen-bond donors (Lipinski definition) is 0. The van der Waals surface area contributed by atoms with Crippen molar-refractivity contribution in [1.29, 1.82) is 0 Å². The number of methoxy groups -OCH3 is 2. The highest BCUT2D eigenvalue weighted by molar-refractivity contribution is 5.92. The number of carbonyl (C=O) groups excluding carboxylic acids is 1. The molecule has 1 fully saturated rings. The smallest absolute Gasteiger partial charge is 0.246 e. The lowest BCUT2D eigenvalue weighted by atomic mass is 10.2. The summed E-state index contributed by atoms with van der Waals surface area (Å²) in [6.07, 6.45) is 7.54. The van der Waals surface area contributed by atoms with E-state index in [1.807, 2.05) is 23.1 Å². The van der Waals surface area contributed by atoms with Gasteiger partial charge in [0.2, 0.25) is 5.91 Å². The minimum atomic E-state index is -0.0144. The van der Waals surface area contributed by atoms with E-state index in [1.165, 1.54) is 0 Å². The van der Waals surface area contributed by atoms with Crippen LogP contribution in [0.5, 0.6) is 11.5 Å². The Bertz CT molecular complexity index is 727. The van der Waals surface area contributed by atoms with Gasteiger partial charge >= 0.3 is 0 Å². The lowest BCUT2D eigenvalue weighted by Gasteiger charge is -2.14. The van der Waals surface area contributed by atoms with E-state index < -0.39 is 0 Å². The van der Waals surface area contributed by atoms with E-state index in [2.05, 4.69) is 10.2 Å². The summed E-state index contributed by atoms with van der Waals surface area (Å²) in [7, 11) is 3.18. The molecule has 7 heteroatoms. The van der Waals surface area contributed by atoms with Gasteiger partial charge in [-0.05, 0) is 30.2 Å². The molecule has 7 nitrogen and oxygen atoms in total. The normalized spacial score (nSPS) is 17.4. The molecule has 1 amide bonds. The third-order valence-corrected chi connectivity index (χ3v) is 4.06. The molecule has 0 spiro atoms. The van der Waals surface area contributed by atoms with Crippen LogP contribution in [0.15, 0.2) is 36.7 Å². The van der Waals surface area contributed by atoms with E-state index in [1.54, 1.807) is 43.6 Å². The molecule has 24 heavy (non-hydrogen) atoms. The lowest BCUT2D eigenvalue weighted by Crippen LogP contribution is -2.27. The highest BCUT2D eigenvalue weighted by Crippen LogP contribution is 2.28. The summed E-state index contributed by atoms with van der Waals surface area (Å²) < 4.78 is 10.5. The third-order valence-electron chi connectivity index (χ3n) is 4.06. The zero-order valence-electron chi connectivity index (χ0n) is 13.8. The fraction of sp³-hybridized carbons (Fsp3) is 0.353. The van der Waals surface area contributed by atoms with Crippen LogP contribution < -0.4 is 9.47 Å². The Morgan fingerprint density at radius 2 is 1.96 bits per heavy atom. The second kappa shape index (κ2) is 7.16. The van der Waals surface area contributed by atoms with Crippen LogP contribution in [0.3, 0.4) is 0 Å². The number of nitrogens with zero attached hydrogens (tertiary/aromatic N) is 4. The summed E-state index contributed by atoms with van der Waals surface area (Å²) >= 11 is 0. The average Bonchev–Trinajstić information content (AvgIpc) is 3.30. The molecular weight excluding hydrogens is 308 g/mol. The van der Waals surface area contributed by atoms with Gasteiger partial charge < -0.3 is 14.4 Å². The number of ether oxygens (including phenoxy) is 2. The van der Waals surface area contributed by atoms with Gasteiger partial charge in [0.25, 0.3) is 0 Å². The third kappa shape index (κ3) is 3.40. The Labute approximate surface area is 140 Å². The quantitative estimate of drug-likeness (QED) is 0.783. The summed E-state index contributed by atoms with van der Waals surface area (Å²) in [5, 5.41) is 8.29. The summed E-state index contributed by atoms with van der Waals surface area (Å²) in [5.41, 5.74) is 0.880. The maximum absolute atomic E-state index is 12.3. The monoisotopic (exact) mass is 328 g/mol. The molecule has 3 rings (SSSR count). The predicted molar refractivity (Wildman–Crippen MR) is 88.8 cm³/mol. The number of carbonyl (C=O) groups is 1. The first-order chi connectivity index (χ1) is 11.7. The molecule has 0 N–H and O–H groups in total. The van der Waals surface area contributed by atoms with E-state index in [0.717, 1.165) is 12.0 Å². The molecule has 0 bridgehead atoms. The molecule has 126 valence electrons. The molecule has 1 unspecified atom stereocenters. The van der Waals surface area contributed by atoms with E-state index in [9.17, 15) is 4.79 Å². The Hall–Kier alpha value is -2.83. The van der Waals surface area contributed by atoms with Crippen molar-refractivity contribution in [3.05, 3.63) is 42.2 Å². The predicted octanol–water partition coefficient (Wildman–Crippen LogP) is 1.78. The SMILES string of the molecule is COc1ccc(/C=C/C(=O)N2CCC(n3nccn3)C2)cc1OC. The van der Waals surface area contributed by atoms with Gasteiger partial charge in [0.15, 0.2) is 11.5 Å². The maximum Gasteiger partial charge on any atom is 0.246 e. The van der Waals surface area contributed by atoms with Crippen molar-refractivity contribution in [3.63, 3.8) is 0 Å². The maximum atomic E-state index is 12.3. The number of aromatic nitrogens is 3. The Kier molecular flexibility index (Phi) is 4.79.